The van der Waals surface area contributed by atoms with Crippen molar-refractivity contribution in [2.75, 3.05) is 45.9 Å². The van der Waals surface area contributed by atoms with E-state index in [1.807, 2.05) is 60.8 Å². The third-order valence-electron chi connectivity index (χ3n) is 7.96. The number of imidazole rings is 1. The summed E-state index contributed by atoms with van der Waals surface area (Å²) in [6.45, 7) is 6.73. The second kappa shape index (κ2) is 12.7. The molecule has 2 saturated heterocycles. The van der Waals surface area contributed by atoms with Crippen LogP contribution >= 0.6 is 0 Å². The van der Waals surface area contributed by atoms with E-state index in [-0.39, 0.29) is 30.8 Å². The van der Waals surface area contributed by atoms with E-state index < -0.39 is 18.1 Å². The minimum absolute atomic E-state index is 0.0718. The van der Waals surface area contributed by atoms with Crippen molar-refractivity contribution in [3.63, 3.8) is 0 Å². The molecule has 10 nitrogen and oxygen atoms in total. The highest BCUT2D eigenvalue weighted by Gasteiger charge is 2.40. The lowest BCUT2D eigenvalue weighted by Crippen LogP contribution is -2.58. The molecule has 0 unspecified atom stereocenters. The Kier molecular flexibility index (Phi) is 8.87. The molecule has 2 atom stereocenters. The Morgan fingerprint density at radius 2 is 1.73 bits per heavy atom. The molecule has 0 radical (unpaired) electrons. The number of hydrogen-bond acceptors (Lipinski definition) is 5. The number of benzene rings is 1. The summed E-state index contributed by atoms with van der Waals surface area (Å²) in [5.41, 5.74) is 3.08. The standard InChI is InChI=1S/C31H39N5O5/c1-22(2)19-36(25-18-24(20-34(21-25)31(39)40)29(37)33-14-16-41-17-15-33)30(38)28-26(12-11-23-8-4-3-5-9-23)35-13-7-6-10-27(35)32-28/h3-10,13,22,24-25H,11-12,14-21H2,1-2H3,(H,39,40)/t24-,25+/m1/s1. The number of morpholine rings is 1. The number of aromatic nitrogens is 2. The number of aryl methyl sites for hydroxylation is 2. The van der Waals surface area contributed by atoms with E-state index in [0.717, 1.165) is 12.1 Å². The van der Waals surface area contributed by atoms with Gasteiger partial charge in [0, 0.05) is 38.9 Å². The van der Waals surface area contributed by atoms with Gasteiger partial charge in [0.2, 0.25) is 5.91 Å². The molecule has 4 heterocycles. The van der Waals surface area contributed by atoms with Gasteiger partial charge in [-0.25, -0.2) is 9.78 Å². The fourth-order valence-electron chi connectivity index (χ4n) is 5.97. The molecule has 3 amide bonds. The summed E-state index contributed by atoms with van der Waals surface area (Å²) in [6.07, 6.45) is 2.62. The highest BCUT2D eigenvalue weighted by molar-refractivity contribution is 5.95. The van der Waals surface area contributed by atoms with Crippen molar-refractivity contribution in [3.05, 3.63) is 71.7 Å². The number of nitrogens with zero attached hydrogens (tertiary/aromatic N) is 5. The van der Waals surface area contributed by atoms with Crippen molar-refractivity contribution >= 4 is 23.6 Å². The predicted octanol–water partition coefficient (Wildman–Crippen LogP) is 3.45. The zero-order valence-electron chi connectivity index (χ0n) is 23.8. The Balaban J connectivity index is 1.46. The molecular formula is C31H39N5O5. The fraction of sp³-hybridized carbons (Fsp3) is 0.484. The van der Waals surface area contributed by atoms with Crippen LogP contribution in [-0.2, 0) is 22.4 Å². The second-order valence-corrected chi connectivity index (χ2v) is 11.4. The van der Waals surface area contributed by atoms with Crippen molar-refractivity contribution in [2.24, 2.45) is 11.8 Å². The minimum Gasteiger partial charge on any atom is -0.465 e. The SMILES string of the molecule is CC(C)CN(C(=O)c1nc2ccccn2c1CCc1ccccc1)[C@H]1C[C@@H](C(=O)N2CCOCC2)CN(C(=O)O)C1. The normalized spacial score (nSPS) is 19.5. The maximum Gasteiger partial charge on any atom is 0.407 e. The number of carbonyl (C=O) groups excluding carboxylic acids is 2. The van der Waals surface area contributed by atoms with Gasteiger partial charge in [-0.3, -0.25) is 9.59 Å². The number of ether oxygens (including phenoxy) is 1. The molecule has 0 spiro atoms. The maximum atomic E-state index is 14.4. The first-order valence-corrected chi connectivity index (χ1v) is 14.5. The van der Waals surface area contributed by atoms with E-state index in [2.05, 4.69) is 12.1 Å². The molecule has 2 aliphatic rings. The van der Waals surface area contributed by atoms with Crippen LogP contribution in [0.15, 0.2) is 54.7 Å². The molecule has 3 aromatic rings. The van der Waals surface area contributed by atoms with Crippen LogP contribution in [-0.4, -0.2) is 99.1 Å². The monoisotopic (exact) mass is 561 g/mol. The van der Waals surface area contributed by atoms with Gasteiger partial charge < -0.3 is 28.9 Å². The average molecular weight is 562 g/mol. The molecule has 2 aliphatic heterocycles. The van der Waals surface area contributed by atoms with Crippen LogP contribution in [0.3, 0.4) is 0 Å². The number of fused-ring (bicyclic) bond motifs is 1. The molecule has 41 heavy (non-hydrogen) atoms. The number of pyridine rings is 1. The van der Waals surface area contributed by atoms with E-state index in [1.165, 1.54) is 10.5 Å². The van der Waals surface area contributed by atoms with Crippen LogP contribution in [0.4, 0.5) is 4.79 Å². The van der Waals surface area contributed by atoms with Crippen LogP contribution in [0.2, 0.25) is 0 Å². The van der Waals surface area contributed by atoms with Crippen molar-refractivity contribution in [1.29, 1.82) is 0 Å². The number of piperidine rings is 1. The van der Waals surface area contributed by atoms with Crippen LogP contribution in [0.5, 0.6) is 0 Å². The third kappa shape index (κ3) is 6.53. The van der Waals surface area contributed by atoms with Gasteiger partial charge >= 0.3 is 6.09 Å². The fourth-order valence-corrected chi connectivity index (χ4v) is 5.97. The molecule has 1 aromatic carbocycles. The Morgan fingerprint density at radius 1 is 1.00 bits per heavy atom. The molecule has 5 rings (SSSR count). The van der Waals surface area contributed by atoms with Gasteiger partial charge in [0.05, 0.1) is 30.9 Å². The first-order chi connectivity index (χ1) is 19.8. The molecule has 2 fully saturated rings. The first kappa shape index (κ1) is 28.6. The Hall–Kier alpha value is -3.92. The summed E-state index contributed by atoms with van der Waals surface area (Å²) in [7, 11) is 0. The van der Waals surface area contributed by atoms with Crippen molar-refractivity contribution in [1.82, 2.24) is 24.1 Å². The molecule has 0 saturated carbocycles. The molecule has 218 valence electrons. The Labute approximate surface area is 240 Å². The van der Waals surface area contributed by atoms with E-state index in [4.69, 9.17) is 9.72 Å². The number of carboxylic acid groups (broad SMARTS) is 1. The van der Waals surface area contributed by atoms with Gasteiger partial charge in [-0.2, -0.15) is 0 Å². The van der Waals surface area contributed by atoms with Gasteiger partial charge in [-0.15, -0.1) is 0 Å². The average Bonchev–Trinajstić information content (AvgIpc) is 3.37. The van der Waals surface area contributed by atoms with E-state index in [0.29, 0.717) is 57.0 Å². The third-order valence-corrected chi connectivity index (χ3v) is 7.96. The van der Waals surface area contributed by atoms with Crippen LogP contribution < -0.4 is 0 Å². The van der Waals surface area contributed by atoms with Gasteiger partial charge in [0.15, 0.2) is 5.69 Å². The van der Waals surface area contributed by atoms with Gasteiger partial charge in [0.1, 0.15) is 5.65 Å². The summed E-state index contributed by atoms with van der Waals surface area (Å²) in [4.78, 5) is 49.7. The number of hydrogen-bond donors (Lipinski definition) is 1. The Morgan fingerprint density at radius 3 is 2.44 bits per heavy atom. The number of amides is 3. The largest absolute Gasteiger partial charge is 0.465 e. The lowest BCUT2D eigenvalue weighted by molar-refractivity contribution is -0.142. The van der Waals surface area contributed by atoms with Crippen molar-refractivity contribution < 1.29 is 24.2 Å². The molecule has 10 heteroatoms. The molecular weight excluding hydrogens is 522 g/mol. The van der Waals surface area contributed by atoms with E-state index in [9.17, 15) is 19.5 Å². The number of carbonyl (C=O) groups is 3. The van der Waals surface area contributed by atoms with E-state index in [1.54, 1.807) is 9.80 Å². The molecule has 2 aromatic heterocycles. The van der Waals surface area contributed by atoms with E-state index >= 15 is 0 Å². The highest BCUT2D eigenvalue weighted by atomic mass is 16.5. The zero-order valence-corrected chi connectivity index (χ0v) is 23.8. The van der Waals surface area contributed by atoms with Crippen LogP contribution in [0.1, 0.15) is 42.0 Å². The quantitative estimate of drug-likeness (QED) is 0.452. The van der Waals surface area contributed by atoms with Gasteiger partial charge in [-0.1, -0.05) is 50.2 Å². The van der Waals surface area contributed by atoms with Gasteiger partial charge in [-0.05, 0) is 42.9 Å². The van der Waals surface area contributed by atoms with Crippen LogP contribution in [0, 0.1) is 11.8 Å². The summed E-state index contributed by atoms with van der Waals surface area (Å²) in [6, 6.07) is 15.4. The lowest BCUT2D eigenvalue weighted by Gasteiger charge is -2.43. The molecule has 1 N–H and O–H groups in total. The molecule has 0 aliphatic carbocycles. The minimum atomic E-state index is -1.08. The van der Waals surface area contributed by atoms with Crippen molar-refractivity contribution in [3.8, 4) is 0 Å². The summed E-state index contributed by atoms with van der Waals surface area (Å²) < 4.78 is 7.38. The maximum absolute atomic E-state index is 14.4. The summed E-state index contributed by atoms with van der Waals surface area (Å²) in [5.74, 6) is -0.681. The number of likely N-dealkylation sites (tertiary alicyclic amines) is 1. The smallest absolute Gasteiger partial charge is 0.407 e. The zero-order chi connectivity index (χ0) is 28.9. The number of rotatable bonds is 8. The predicted molar refractivity (Wildman–Crippen MR) is 154 cm³/mol. The lowest BCUT2D eigenvalue weighted by atomic mass is 9.91. The summed E-state index contributed by atoms with van der Waals surface area (Å²) >= 11 is 0. The van der Waals surface area contributed by atoms with Crippen molar-refractivity contribution in [2.45, 2.75) is 39.2 Å². The Bertz CT molecular complexity index is 1370. The summed E-state index contributed by atoms with van der Waals surface area (Å²) in [5, 5.41) is 9.96. The topological polar surface area (TPSA) is 108 Å². The van der Waals surface area contributed by atoms with Crippen LogP contribution in [0.25, 0.3) is 5.65 Å². The highest BCUT2D eigenvalue weighted by Crippen LogP contribution is 2.27. The van der Waals surface area contributed by atoms with Gasteiger partial charge in [0.25, 0.3) is 5.91 Å². The molecule has 0 bridgehead atoms. The second-order valence-electron chi connectivity index (χ2n) is 11.4. The first-order valence-electron chi connectivity index (χ1n) is 14.5.